The number of benzene rings is 2. The van der Waals surface area contributed by atoms with Crippen LogP contribution in [0.1, 0.15) is 29.3 Å². The van der Waals surface area contributed by atoms with Gasteiger partial charge in [0.2, 0.25) is 5.91 Å². The highest BCUT2D eigenvalue weighted by Crippen LogP contribution is 2.14. The molecular weight excluding hydrogens is 334 g/mol. The number of nitrogens with zero attached hydrogens (tertiary/aromatic N) is 1. The van der Waals surface area contributed by atoms with E-state index in [1.807, 2.05) is 30.3 Å². The first kappa shape index (κ1) is 18.6. The van der Waals surface area contributed by atoms with E-state index in [0.717, 1.165) is 5.56 Å². The van der Waals surface area contributed by atoms with Crippen molar-refractivity contribution in [2.75, 3.05) is 12.4 Å². The van der Waals surface area contributed by atoms with E-state index in [2.05, 4.69) is 10.6 Å². The van der Waals surface area contributed by atoms with E-state index >= 15 is 0 Å². The molecule has 0 aliphatic carbocycles. The van der Waals surface area contributed by atoms with Gasteiger partial charge in [0.15, 0.2) is 5.11 Å². The molecule has 0 spiro atoms. The molecule has 2 aromatic rings. The quantitative estimate of drug-likeness (QED) is 0.809. The first-order valence-electron chi connectivity index (χ1n) is 8.00. The van der Waals surface area contributed by atoms with Gasteiger partial charge in [-0.25, -0.2) is 0 Å². The fourth-order valence-corrected chi connectivity index (χ4v) is 2.49. The summed E-state index contributed by atoms with van der Waals surface area (Å²) in [5.41, 5.74) is 2.27. The molecule has 0 heterocycles. The van der Waals surface area contributed by atoms with E-state index in [1.165, 1.54) is 0 Å². The minimum Gasteiger partial charge on any atom is -0.337 e. The second-order valence-corrected chi connectivity index (χ2v) is 5.99. The van der Waals surface area contributed by atoms with E-state index in [9.17, 15) is 9.59 Å². The van der Waals surface area contributed by atoms with Crippen LogP contribution in [0.2, 0.25) is 0 Å². The van der Waals surface area contributed by atoms with Gasteiger partial charge >= 0.3 is 0 Å². The fraction of sp³-hybridized carbons (Fsp3) is 0.211. The zero-order valence-corrected chi connectivity index (χ0v) is 15.1. The monoisotopic (exact) mass is 355 g/mol. The number of nitrogens with one attached hydrogen (secondary N) is 2. The Morgan fingerprint density at radius 1 is 1.08 bits per heavy atom. The zero-order valence-electron chi connectivity index (χ0n) is 14.3. The molecule has 6 heteroatoms. The van der Waals surface area contributed by atoms with Crippen LogP contribution in [0.15, 0.2) is 54.6 Å². The van der Waals surface area contributed by atoms with Crippen molar-refractivity contribution in [3.05, 3.63) is 65.7 Å². The number of carbonyl (C=O) groups excluding carboxylic acids is 2. The summed E-state index contributed by atoms with van der Waals surface area (Å²) in [7, 11) is 1.77. The molecule has 2 aromatic carbocycles. The van der Waals surface area contributed by atoms with E-state index in [4.69, 9.17) is 12.2 Å². The van der Waals surface area contributed by atoms with Gasteiger partial charge in [-0.1, -0.05) is 43.3 Å². The predicted molar refractivity (Wildman–Crippen MR) is 103 cm³/mol. The lowest BCUT2D eigenvalue weighted by Crippen LogP contribution is -2.33. The maximum atomic E-state index is 12.6. The predicted octanol–water partition coefficient (Wildman–Crippen LogP) is 3.18. The molecule has 0 fully saturated rings. The summed E-state index contributed by atoms with van der Waals surface area (Å²) in [5, 5.41) is 5.70. The number of carbonyl (C=O) groups is 2. The Bertz CT molecular complexity index is 762. The number of thiocarbonyl (C=S) groups is 1. The Kier molecular flexibility index (Phi) is 6.65. The van der Waals surface area contributed by atoms with Crippen LogP contribution >= 0.6 is 12.2 Å². The van der Waals surface area contributed by atoms with E-state index in [-0.39, 0.29) is 16.9 Å². The molecule has 0 bridgehead atoms. The summed E-state index contributed by atoms with van der Waals surface area (Å²) in [4.78, 5) is 25.6. The standard InChI is InChI=1S/C19H21N3O2S/c1-3-17(23)21-19(25)20-16-11-7-10-15(12-16)18(24)22(2)13-14-8-5-4-6-9-14/h4-12H,3,13H2,1-2H3,(H2,20,21,23,25). The molecule has 0 aliphatic heterocycles. The number of hydrogen-bond acceptors (Lipinski definition) is 3. The second kappa shape index (κ2) is 8.94. The second-order valence-electron chi connectivity index (χ2n) is 5.58. The third-order valence-electron chi connectivity index (χ3n) is 3.55. The largest absolute Gasteiger partial charge is 0.337 e. The minimum absolute atomic E-state index is 0.0870. The van der Waals surface area contributed by atoms with Crippen molar-refractivity contribution in [2.24, 2.45) is 0 Å². The maximum Gasteiger partial charge on any atom is 0.253 e. The van der Waals surface area contributed by atoms with Gasteiger partial charge in [-0.05, 0) is 36.0 Å². The smallest absolute Gasteiger partial charge is 0.253 e. The Morgan fingerprint density at radius 2 is 1.80 bits per heavy atom. The number of hydrogen-bond donors (Lipinski definition) is 2. The Morgan fingerprint density at radius 3 is 2.48 bits per heavy atom. The van der Waals surface area contributed by atoms with Crippen molar-refractivity contribution in [3.63, 3.8) is 0 Å². The summed E-state index contributed by atoms with van der Waals surface area (Å²) in [5.74, 6) is -0.247. The van der Waals surface area contributed by atoms with Crippen LogP contribution < -0.4 is 10.6 Å². The molecule has 2 amide bonds. The van der Waals surface area contributed by atoms with Crippen molar-refractivity contribution >= 4 is 34.8 Å². The topological polar surface area (TPSA) is 61.4 Å². The van der Waals surface area contributed by atoms with Crippen LogP contribution in [-0.2, 0) is 11.3 Å². The molecule has 0 aromatic heterocycles. The van der Waals surface area contributed by atoms with Gasteiger partial charge in [0.1, 0.15) is 0 Å². The number of rotatable bonds is 5. The van der Waals surface area contributed by atoms with Crippen molar-refractivity contribution in [1.82, 2.24) is 10.2 Å². The van der Waals surface area contributed by atoms with Crippen molar-refractivity contribution in [1.29, 1.82) is 0 Å². The van der Waals surface area contributed by atoms with Crippen LogP contribution in [0.4, 0.5) is 5.69 Å². The van der Waals surface area contributed by atoms with Crippen LogP contribution in [0.5, 0.6) is 0 Å². The number of amides is 2. The highest BCUT2D eigenvalue weighted by Gasteiger charge is 2.13. The van der Waals surface area contributed by atoms with Crippen LogP contribution in [0, 0.1) is 0 Å². The molecule has 25 heavy (non-hydrogen) atoms. The molecule has 0 saturated carbocycles. The summed E-state index contributed by atoms with van der Waals surface area (Å²) in [6, 6.07) is 16.8. The SMILES string of the molecule is CCC(=O)NC(=S)Nc1cccc(C(=O)N(C)Cc2ccccc2)c1. The zero-order chi connectivity index (χ0) is 18.2. The fourth-order valence-electron chi connectivity index (χ4n) is 2.26. The van der Waals surface area contributed by atoms with Crippen molar-refractivity contribution in [3.8, 4) is 0 Å². The lowest BCUT2D eigenvalue weighted by atomic mass is 10.1. The average Bonchev–Trinajstić information content (AvgIpc) is 2.61. The molecule has 0 atom stereocenters. The van der Waals surface area contributed by atoms with Gasteiger partial charge in [-0.3, -0.25) is 9.59 Å². The highest BCUT2D eigenvalue weighted by atomic mass is 32.1. The first-order chi connectivity index (χ1) is 12.0. The molecule has 0 aliphatic rings. The van der Waals surface area contributed by atoms with E-state index < -0.39 is 0 Å². The minimum atomic E-state index is -0.160. The third-order valence-corrected chi connectivity index (χ3v) is 3.75. The van der Waals surface area contributed by atoms with Crippen molar-refractivity contribution in [2.45, 2.75) is 19.9 Å². The first-order valence-corrected chi connectivity index (χ1v) is 8.40. The molecule has 2 rings (SSSR count). The summed E-state index contributed by atoms with van der Waals surface area (Å²) in [6.07, 6.45) is 0.352. The van der Waals surface area contributed by atoms with Crippen LogP contribution in [-0.4, -0.2) is 28.9 Å². The van der Waals surface area contributed by atoms with E-state index in [1.54, 1.807) is 43.1 Å². The average molecular weight is 355 g/mol. The number of anilines is 1. The molecular formula is C19H21N3O2S. The molecule has 5 nitrogen and oxygen atoms in total. The normalized spacial score (nSPS) is 10.0. The van der Waals surface area contributed by atoms with Gasteiger partial charge in [0, 0.05) is 31.3 Å². The lowest BCUT2D eigenvalue weighted by molar-refractivity contribution is -0.119. The van der Waals surface area contributed by atoms with Gasteiger partial charge in [0.25, 0.3) is 5.91 Å². The van der Waals surface area contributed by atoms with Crippen LogP contribution in [0.3, 0.4) is 0 Å². The lowest BCUT2D eigenvalue weighted by Gasteiger charge is -2.18. The van der Waals surface area contributed by atoms with Gasteiger partial charge in [0.05, 0.1) is 0 Å². The van der Waals surface area contributed by atoms with Gasteiger partial charge in [-0.2, -0.15) is 0 Å². The third kappa shape index (κ3) is 5.69. The highest BCUT2D eigenvalue weighted by molar-refractivity contribution is 7.80. The molecule has 2 N–H and O–H groups in total. The Hall–Kier alpha value is -2.73. The summed E-state index contributed by atoms with van der Waals surface area (Å²) in [6.45, 7) is 2.28. The molecule has 130 valence electrons. The molecule has 0 unspecified atom stereocenters. The Labute approximate surface area is 153 Å². The maximum absolute atomic E-state index is 12.6. The molecule has 0 saturated heterocycles. The van der Waals surface area contributed by atoms with Crippen molar-refractivity contribution < 1.29 is 9.59 Å². The molecule has 0 radical (unpaired) electrons. The summed E-state index contributed by atoms with van der Waals surface area (Å²) < 4.78 is 0. The summed E-state index contributed by atoms with van der Waals surface area (Å²) >= 11 is 5.09. The van der Waals surface area contributed by atoms with Gasteiger partial charge in [-0.15, -0.1) is 0 Å². The van der Waals surface area contributed by atoms with Gasteiger partial charge < -0.3 is 15.5 Å². The van der Waals surface area contributed by atoms with Crippen LogP contribution in [0.25, 0.3) is 0 Å². The Balaban J connectivity index is 2.03. The van der Waals surface area contributed by atoms with E-state index in [0.29, 0.717) is 24.2 Å².